The van der Waals surface area contributed by atoms with Crippen LogP contribution in [-0.4, -0.2) is 45.4 Å². The second-order valence-electron chi connectivity index (χ2n) is 6.05. The number of carbonyl (C=O) groups is 1. The highest BCUT2D eigenvalue weighted by Gasteiger charge is 2.04. The Hall–Kier alpha value is -3.42. The predicted octanol–water partition coefficient (Wildman–Crippen LogP) is 1.89. The molecule has 2 N–H and O–H groups in total. The van der Waals surface area contributed by atoms with Gasteiger partial charge in [0.15, 0.2) is 12.4 Å². The molecular weight excluding hydrogens is 344 g/mol. The molecule has 27 heavy (non-hydrogen) atoms. The molecule has 0 bridgehead atoms. The van der Waals surface area contributed by atoms with Crippen LogP contribution < -0.4 is 15.4 Å². The maximum atomic E-state index is 11.9. The zero-order valence-electron chi connectivity index (χ0n) is 15.3. The van der Waals surface area contributed by atoms with E-state index in [1.807, 2.05) is 50.4 Å². The van der Waals surface area contributed by atoms with Crippen LogP contribution in [0.1, 0.15) is 11.3 Å². The molecule has 0 spiro atoms. The Bertz CT molecular complexity index is 908. The van der Waals surface area contributed by atoms with E-state index in [0.717, 1.165) is 11.3 Å². The van der Waals surface area contributed by atoms with E-state index in [4.69, 9.17) is 4.74 Å². The number of amides is 1. The molecule has 3 rings (SSSR count). The maximum Gasteiger partial charge on any atom is 0.258 e. The molecule has 8 heteroatoms. The summed E-state index contributed by atoms with van der Waals surface area (Å²) in [5, 5.41) is 10.3. The molecule has 0 aliphatic heterocycles. The Morgan fingerprint density at radius 3 is 2.81 bits per heavy atom. The molecule has 1 aromatic carbocycles. The number of nitrogens with zero attached hydrogens (tertiary/aromatic N) is 4. The third-order valence-corrected chi connectivity index (χ3v) is 3.72. The van der Waals surface area contributed by atoms with Gasteiger partial charge in [-0.25, -0.2) is 14.6 Å². The van der Waals surface area contributed by atoms with Crippen LogP contribution in [0.25, 0.3) is 5.82 Å². The number of nitrogens with one attached hydrogen (secondary N) is 2. The number of aromatic nitrogens is 4. The molecule has 0 aliphatic carbocycles. The van der Waals surface area contributed by atoms with Gasteiger partial charge in [-0.3, -0.25) is 4.79 Å². The minimum Gasteiger partial charge on any atom is -0.484 e. The van der Waals surface area contributed by atoms with Gasteiger partial charge in [0.2, 0.25) is 0 Å². The third kappa shape index (κ3) is 5.53. The summed E-state index contributed by atoms with van der Waals surface area (Å²) in [4.78, 5) is 20.2. The zero-order chi connectivity index (χ0) is 19.1. The van der Waals surface area contributed by atoms with Crippen molar-refractivity contribution in [3.63, 3.8) is 0 Å². The largest absolute Gasteiger partial charge is 0.484 e. The molecular formula is C19H22N6O2. The van der Waals surface area contributed by atoms with Crippen molar-refractivity contribution in [3.05, 3.63) is 60.2 Å². The lowest BCUT2D eigenvalue weighted by Crippen LogP contribution is -2.32. The van der Waals surface area contributed by atoms with Crippen molar-refractivity contribution < 1.29 is 9.53 Å². The van der Waals surface area contributed by atoms with Crippen LogP contribution >= 0.6 is 0 Å². The van der Waals surface area contributed by atoms with Crippen LogP contribution in [0, 0.1) is 13.8 Å². The van der Waals surface area contributed by atoms with E-state index in [9.17, 15) is 4.79 Å². The molecule has 0 saturated carbocycles. The van der Waals surface area contributed by atoms with Gasteiger partial charge in [-0.2, -0.15) is 5.10 Å². The second-order valence-corrected chi connectivity index (χ2v) is 6.05. The first kappa shape index (κ1) is 18.4. The van der Waals surface area contributed by atoms with Gasteiger partial charge in [0, 0.05) is 25.4 Å². The number of anilines is 1. The number of hydrogen-bond donors (Lipinski definition) is 2. The van der Waals surface area contributed by atoms with E-state index in [0.29, 0.717) is 30.5 Å². The summed E-state index contributed by atoms with van der Waals surface area (Å²) in [6.07, 6.45) is 3.32. The lowest BCUT2D eigenvalue weighted by atomic mass is 10.2. The molecule has 0 fully saturated rings. The summed E-state index contributed by atoms with van der Waals surface area (Å²) >= 11 is 0. The number of hydrogen-bond acceptors (Lipinski definition) is 6. The van der Waals surface area contributed by atoms with Gasteiger partial charge in [-0.05, 0) is 37.6 Å². The molecule has 0 unspecified atom stereocenters. The molecule has 3 aromatic rings. The summed E-state index contributed by atoms with van der Waals surface area (Å²) in [7, 11) is 0. The van der Waals surface area contributed by atoms with Crippen LogP contribution in [0.15, 0.2) is 48.9 Å². The normalized spacial score (nSPS) is 10.4. The van der Waals surface area contributed by atoms with E-state index < -0.39 is 0 Å². The highest BCUT2D eigenvalue weighted by atomic mass is 16.5. The molecule has 1 amide bonds. The molecule has 2 aromatic heterocycles. The molecule has 0 radical (unpaired) electrons. The number of benzene rings is 1. The summed E-state index contributed by atoms with van der Waals surface area (Å²) < 4.78 is 7.15. The summed E-state index contributed by atoms with van der Waals surface area (Å²) in [6.45, 7) is 4.87. The SMILES string of the molecule is Cc1cccc(OCC(=O)NCCNc2cc(-n3ccc(C)n3)ncn2)c1. The topological polar surface area (TPSA) is 94.0 Å². The molecule has 0 saturated heterocycles. The van der Waals surface area contributed by atoms with Gasteiger partial charge in [0.1, 0.15) is 17.9 Å². The fourth-order valence-electron chi connectivity index (χ4n) is 2.41. The van der Waals surface area contributed by atoms with Gasteiger partial charge in [0.05, 0.1) is 5.69 Å². The lowest BCUT2D eigenvalue weighted by molar-refractivity contribution is -0.123. The number of aryl methyl sites for hydroxylation is 2. The highest BCUT2D eigenvalue weighted by Crippen LogP contribution is 2.12. The minimum absolute atomic E-state index is 0.0141. The van der Waals surface area contributed by atoms with Gasteiger partial charge >= 0.3 is 0 Å². The average molecular weight is 366 g/mol. The number of carbonyl (C=O) groups excluding carboxylic acids is 1. The quantitative estimate of drug-likeness (QED) is 0.591. The van der Waals surface area contributed by atoms with Crippen molar-refractivity contribution in [2.75, 3.05) is 25.0 Å². The second kappa shape index (κ2) is 8.79. The number of ether oxygens (including phenoxy) is 1. The fourth-order valence-corrected chi connectivity index (χ4v) is 2.41. The average Bonchev–Trinajstić information content (AvgIpc) is 3.10. The van der Waals surface area contributed by atoms with Crippen LogP contribution in [0.5, 0.6) is 5.75 Å². The fraction of sp³-hybridized carbons (Fsp3) is 0.263. The van der Waals surface area contributed by atoms with Crippen molar-refractivity contribution in [1.82, 2.24) is 25.1 Å². The van der Waals surface area contributed by atoms with E-state index >= 15 is 0 Å². The van der Waals surface area contributed by atoms with E-state index in [2.05, 4.69) is 25.7 Å². The first-order chi connectivity index (χ1) is 13.1. The summed E-state index contributed by atoms with van der Waals surface area (Å²) in [6, 6.07) is 11.3. The molecule has 8 nitrogen and oxygen atoms in total. The number of rotatable bonds is 8. The zero-order valence-corrected chi connectivity index (χ0v) is 15.3. The van der Waals surface area contributed by atoms with Crippen molar-refractivity contribution in [3.8, 4) is 11.6 Å². The Kier molecular flexibility index (Phi) is 5.98. The van der Waals surface area contributed by atoms with Crippen LogP contribution in [0.3, 0.4) is 0 Å². The Labute approximate surface area is 157 Å². The van der Waals surface area contributed by atoms with Crippen LogP contribution in [0.2, 0.25) is 0 Å². The summed E-state index contributed by atoms with van der Waals surface area (Å²) in [5.74, 6) is 1.86. The highest BCUT2D eigenvalue weighted by molar-refractivity contribution is 5.77. The first-order valence-corrected chi connectivity index (χ1v) is 8.65. The molecule has 2 heterocycles. The predicted molar refractivity (Wildman–Crippen MR) is 102 cm³/mol. The molecule has 140 valence electrons. The third-order valence-electron chi connectivity index (χ3n) is 3.72. The maximum absolute atomic E-state index is 11.9. The van der Waals surface area contributed by atoms with Crippen LogP contribution in [-0.2, 0) is 4.79 Å². The van der Waals surface area contributed by atoms with Crippen LogP contribution in [0.4, 0.5) is 5.82 Å². The van der Waals surface area contributed by atoms with Crippen molar-refractivity contribution >= 4 is 11.7 Å². The smallest absolute Gasteiger partial charge is 0.258 e. The lowest BCUT2D eigenvalue weighted by Gasteiger charge is -2.09. The van der Waals surface area contributed by atoms with E-state index in [-0.39, 0.29) is 12.5 Å². The van der Waals surface area contributed by atoms with Crippen molar-refractivity contribution in [1.29, 1.82) is 0 Å². The molecule has 0 aliphatic rings. The van der Waals surface area contributed by atoms with Gasteiger partial charge < -0.3 is 15.4 Å². The molecule has 0 atom stereocenters. The first-order valence-electron chi connectivity index (χ1n) is 8.65. The van der Waals surface area contributed by atoms with Crippen molar-refractivity contribution in [2.24, 2.45) is 0 Å². The monoisotopic (exact) mass is 366 g/mol. The van der Waals surface area contributed by atoms with Gasteiger partial charge in [-0.15, -0.1) is 0 Å². The van der Waals surface area contributed by atoms with Gasteiger partial charge in [0.25, 0.3) is 5.91 Å². The van der Waals surface area contributed by atoms with E-state index in [1.54, 1.807) is 10.7 Å². The Morgan fingerprint density at radius 1 is 1.15 bits per heavy atom. The minimum atomic E-state index is -0.173. The van der Waals surface area contributed by atoms with Crippen molar-refractivity contribution in [2.45, 2.75) is 13.8 Å². The standard InChI is InChI=1S/C19H22N6O2/c1-14-4-3-5-16(10-14)27-12-19(26)21-8-7-20-17-11-18(23-13-22-17)25-9-6-15(2)24-25/h3-6,9-11,13H,7-8,12H2,1-2H3,(H,21,26)(H,20,22,23). The summed E-state index contributed by atoms with van der Waals surface area (Å²) in [5.41, 5.74) is 2.00. The Morgan fingerprint density at radius 2 is 2.04 bits per heavy atom. The Balaban J connectivity index is 1.40. The van der Waals surface area contributed by atoms with Gasteiger partial charge in [-0.1, -0.05) is 12.1 Å². The van der Waals surface area contributed by atoms with E-state index in [1.165, 1.54) is 6.33 Å².